The van der Waals surface area contributed by atoms with Gasteiger partial charge in [-0.3, -0.25) is 14.4 Å². The first-order valence-electron chi connectivity index (χ1n) is 14.6. The van der Waals surface area contributed by atoms with E-state index in [1.54, 1.807) is 0 Å². The van der Waals surface area contributed by atoms with Gasteiger partial charge in [0, 0.05) is 6.42 Å². The largest absolute Gasteiger partial charge is 0.479 e. The van der Waals surface area contributed by atoms with Crippen LogP contribution in [0, 0.1) is 0 Å². The Hall–Kier alpha value is -1.96. The number of hydrogen-bond donors (Lipinski definition) is 2. The first-order valence-corrected chi connectivity index (χ1v) is 14.6. The molecule has 8 nitrogen and oxygen atoms in total. The average molecular weight is 529 g/mol. The lowest BCUT2D eigenvalue weighted by Crippen LogP contribution is -2.43. The lowest BCUT2D eigenvalue weighted by Gasteiger charge is -2.21. The Morgan fingerprint density at radius 1 is 0.568 bits per heavy atom. The standard InChI is InChI=1S/C29H52O8/c1-3-5-7-9-10-11-12-13-14-15-16-18-20-22-36-26(31)23-29(35,28(33)34)24-27(32)37-25(30)21-19-17-8-6-4-2/h35H,3-24H2,1-2H3,(H,33,34). The smallest absolute Gasteiger partial charge is 0.336 e. The van der Waals surface area contributed by atoms with Crippen molar-refractivity contribution in [3.8, 4) is 0 Å². The van der Waals surface area contributed by atoms with Gasteiger partial charge in [0.15, 0.2) is 5.60 Å². The molecule has 0 rings (SSSR count). The van der Waals surface area contributed by atoms with Crippen LogP contribution < -0.4 is 0 Å². The molecule has 0 aliphatic heterocycles. The van der Waals surface area contributed by atoms with Gasteiger partial charge in [0.1, 0.15) is 0 Å². The number of carbonyl (C=O) groups is 4. The number of carbonyl (C=O) groups excluding carboxylic acids is 3. The summed E-state index contributed by atoms with van der Waals surface area (Å²) >= 11 is 0. The zero-order valence-corrected chi connectivity index (χ0v) is 23.4. The molecule has 2 N–H and O–H groups in total. The fraction of sp³-hybridized carbons (Fsp3) is 0.862. The SMILES string of the molecule is CCCCCCCCCCCCCCCOC(=O)CC(O)(CC(=O)OC(=O)CCCCCCC)C(=O)O. The van der Waals surface area contributed by atoms with Crippen molar-refractivity contribution in [2.75, 3.05) is 6.61 Å². The van der Waals surface area contributed by atoms with Gasteiger partial charge in [0.25, 0.3) is 0 Å². The summed E-state index contributed by atoms with van der Waals surface area (Å²) in [5.74, 6) is -4.58. The zero-order valence-electron chi connectivity index (χ0n) is 23.4. The van der Waals surface area contributed by atoms with Crippen LogP contribution in [0.25, 0.3) is 0 Å². The molecule has 0 heterocycles. The molecule has 0 bridgehead atoms. The van der Waals surface area contributed by atoms with Crippen molar-refractivity contribution in [2.45, 2.75) is 154 Å². The molecule has 0 aromatic rings. The second-order valence-corrected chi connectivity index (χ2v) is 10.2. The van der Waals surface area contributed by atoms with Crippen molar-refractivity contribution < 1.29 is 38.9 Å². The van der Waals surface area contributed by atoms with Gasteiger partial charge in [-0.25, -0.2) is 4.79 Å². The van der Waals surface area contributed by atoms with Crippen molar-refractivity contribution >= 4 is 23.9 Å². The Kier molecular flexibility index (Phi) is 22.0. The summed E-state index contributed by atoms with van der Waals surface area (Å²) in [6.07, 6.45) is 18.1. The second kappa shape index (κ2) is 23.2. The Morgan fingerprint density at radius 2 is 0.973 bits per heavy atom. The number of esters is 3. The second-order valence-electron chi connectivity index (χ2n) is 10.2. The van der Waals surface area contributed by atoms with E-state index in [1.165, 1.54) is 57.8 Å². The summed E-state index contributed by atoms with van der Waals surface area (Å²) in [5, 5.41) is 19.7. The van der Waals surface area contributed by atoms with Crippen molar-refractivity contribution in [2.24, 2.45) is 0 Å². The van der Waals surface area contributed by atoms with Gasteiger partial charge in [-0.1, -0.05) is 117 Å². The van der Waals surface area contributed by atoms with Crippen LogP contribution in [0.15, 0.2) is 0 Å². The van der Waals surface area contributed by atoms with E-state index in [2.05, 4.69) is 18.6 Å². The molecule has 8 heteroatoms. The average Bonchev–Trinajstić information content (AvgIpc) is 2.83. The number of rotatable bonds is 25. The number of aliphatic carboxylic acids is 1. The quantitative estimate of drug-likeness (QED) is 0.0766. The number of aliphatic hydroxyl groups is 1. The minimum Gasteiger partial charge on any atom is -0.479 e. The van der Waals surface area contributed by atoms with Gasteiger partial charge in [-0.15, -0.1) is 0 Å². The predicted octanol–water partition coefficient (Wildman–Crippen LogP) is 6.65. The van der Waals surface area contributed by atoms with E-state index < -0.39 is 42.3 Å². The molecule has 1 atom stereocenters. The van der Waals surface area contributed by atoms with Gasteiger partial charge < -0.3 is 19.7 Å². The fourth-order valence-electron chi connectivity index (χ4n) is 4.14. The summed E-state index contributed by atoms with van der Waals surface area (Å²) in [6.45, 7) is 4.44. The van der Waals surface area contributed by atoms with Crippen LogP contribution in [0.3, 0.4) is 0 Å². The third kappa shape index (κ3) is 20.7. The van der Waals surface area contributed by atoms with Gasteiger partial charge in [-0.2, -0.15) is 0 Å². The molecular formula is C29H52O8. The molecule has 0 aliphatic carbocycles. The van der Waals surface area contributed by atoms with E-state index >= 15 is 0 Å². The normalized spacial score (nSPS) is 12.6. The third-order valence-electron chi connectivity index (χ3n) is 6.49. The van der Waals surface area contributed by atoms with E-state index in [-0.39, 0.29) is 13.0 Å². The predicted molar refractivity (Wildman–Crippen MR) is 143 cm³/mol. The van der Waals surface area contributed by atoms with E-state index in [1.807, 2.05) is 0 Å². The van der Waals surface area contributed by atoms with Crippen LogP contribution in [-0.4, -0.2) is 46.3 Å². The van der Waals surface area contributed by atoms with E-state index in [0.717, 1.165) is 44.9 Å². The number of ether oxygens (including phenoxy) is 2. The molecule has 0 aromatic carbocycles. The van der Waals surface area contributed by atoms with Gasteiger partial charge in [-0.05, 0) is 12.8 Å². The molecule has 0 fully saturated rings. The number of carboxylic acid groups (broad SMARTS) is 1. The monoisotopic (exact) mass is 528 g/mol. The summed E-state index contributed by atoms with van der Waals surface area (Å²) in [6, 6.07) is 0. The maximum atomic E-state index is 12.0. The molecule has 0 amide bonds. The van der Waals surface area contributed by atoms with Crippen molar-refractivity contribution in [3.05, 3.63) is 0 Å². The lowest BCUT2D eigenvalue weighted by atomic mass is 9.96. The van der Waals surface area contributed by atoms with Crippen LogP contribution in [0.1, 0.15) is 149 Å². The maximum absolute atomic E-state index is 12.0. The molecule has 0 saturated heterocycles. The van der Waals surface area contributed by atoms with Crippen LogP contribution in [0.5, 0.6) is 0 Å². The van der Waals surface area contributed by atoms with Crippen LogP contribution in [0.4, 0.5) is 0 Å². The zero-order chi connectivity index (χ0) is 27.8. The fourth-order valence-corrected chi connectivity index (χ4v) is 4.14. The lowest BCUT2D eigenvalue weighted by molar-refractivity contribution is -0.175. The topological polar surface area (TPSA) is 127 Å². The summed E-state index contributed by atoms with van der Waals surface area (Å²) in [7, 11) is 0. The Balaban J connectivity index is 3.99. The summed E-state index contributed by atoms with van der Waals surface area (Å²) < 4.78 is 9.67. The molecule has 37 heavy (non-hydrogen) atoms. The molecule has 1 unspecified atom stereocenters. The van der Waals surface area contributed by atoms with Crippen molar-refractivity contribution in [1.29, 1.82) is 0 Å². The van der Waals surface area contributed by atoms with Crippen molar-refractivity contribution in [3.63, 3.8) is 0 Å². The summed E-state index contributed by atoms with van der Waals surface area (Å²) in [5.41, 5.74) is -2.68. The van der Waals surface area contributed by atoms with E-state index in [9.17, 15) is 29.4 Å². The highest BCUT2D eigenvalue weighted by Crippen LogP contribution is 2.19. The highest BCUT2D eigenvalue weighted by molar-refractivity contribution is 5.92. The highest BCUT2D eigenvalue weighted by atomic mass is 16.6. The number of carboxylic acids is 1. The van der Waals surface area contributed by atoms with Crippen molar-refractivity contribution in [1.82, 2.24) is 0 Å². The molecule has 0 aliphatic rings. The maximum Gasteiger partial charge on any atom is 0.336 e. The first kappa shape index (κ1) is 35.0. The van der Waals surface area contributed by atoms with Crippen LogP contribution >= 0.6 is 0 Å². The minimum absolute atomic E-state index is 0.0438. The first-order chi connectivity index (χ1) is 17.7. The number of unbranched alkanes of at least 4 members (excludes halogenated alkanes) is 16. The highest BCUT2D eigenvalue weighted by Gasteiger charge is 2.42. The van der Waals surface area contributed by atoms with E-state index in [4.69, 9.17) is 4.74 Å². The van der Waals surface area contributed by atoms with Gasteiger partial charge >= 0.3 is 23.9 Å². The summed E-state index contributed by atoms with van der Waals surface area (Å²) in [4.78, 5) is 47.3. The number of hydrogen-bond acceptors (Lipinski definition) is 7. The molecule has 0 aromatic heterocycles. The van der Waals surface area contributed by atoms with E-state index in [0.29, 0.717) is 12.8 Å². The van der Waals surface area contributed by atoms with Gasteiger partial charge in [0.2, 0.25) is 0 Å². The Labute approximate surface area is 223 Å². The molecule has 0 spiro atoms. The molecule has 0 radical (unpaired) electrons. The van der Waals surface area contributed by atoms with Gasteiger partial charge in [0.05, 0.1) is 19.4 Å². The molecular weight excluding hydrogens is 476 g/mol. The minimum atomic E-state index is -2.68. The molecule has 0 saturated carbocycles. The molecule has 216 valence electrons. The van der Waals surface area contributed by atoms with Crippen LogP contribution in [0.2, 0.25) is 0 Å². The Bertz CT molecular complexity index is 633. The van der Waals surface area contributed by atoms with Crippen LogP contribution in [-0.2, 0) is 28.7 Å². The Morgan fingerprint density at radius 3 is 1.43 bits per heavy atom. The third-order valence-corrected chi connectivity index (χ3v) is 6.49.